The molecule has 0 atom stereocenters. The normalized spacial score (nSPS) is 10.1. The van der Waals surface area contributed by atoms with Crippen LogP contribution in [0.1, 0.15) is 38.7 Å². The van der Waals surface area contributed by atoms with Gasteiger partial charge in [0.2, 0.25) is 0 Å². The van der Waals surface area contributed by atoms with E-state index in [4.69, 9.17) is 5.26 Å². The standard InChI is InChI=1S/C13H19N3/c1-11(2)5-3-4-7-16-13-10-15-8-6-12(13)9-14/h6,8,10-11,16H,3-5,7H2,1-2H3. The van der Waals surface area contributed by atoms with Crippen LogP contribution in [0.5, 0.6) is 0 Å². The van der Waals surface area contributed by atoms with E-state index in [1.165, 1.54) is 12.8 Å². The van der Waals surface area contributed by atoms with Gasteiger partial charge in [-0.05, 0) is 18.4 Å². The molecule has 0 spiro atoms. The van der Waals surface area contributed by atoms with Crippen molar-refractivity contribution in [1.29, 1.82) is 5.26 Å². The van der Waals surface area contributed by atoms with E-state index in [2.05, 4.69) is 30.2 Å². The minimum absolute atomic E-state index is 0.666. The molecule has 0 aliphatic heterocycles. The van der Waals surface area contributed by atoms with Gasteiger partial charge in [-0.15, -0.1) is 0 Å². The molecule has 1 N–H and O–H groups in total. The second-order valence-corrected chi connectivity index (χ2v) is 4.35. The molecule has 0 saturated carbocycles. The maximum absolute atomic E-state index is 8.88. The zero-order chi connectivity index (χ0) is 11.8. The van der Waals surface area contributed by atoms with Crippen LogP contribution in [0.4, 0.5) is 5.69 Å². The molecule has 0 bridgehead atoms. The first kappa shape index (κ1) is 12.5. The Morgan fingerprint density at radius 1 is 1.44 bits per heavy atom. The van der Waals surface area contributed by atoms with E-state index in [9.17, 15) is 0 Å². The number of nitriles is 1. The third-order valence-corrected chi connectivity index (χ3v) is 2.47. The molecule has 1 heterocycles. The zero-order valence-corrected chi connectivity index (χ0v) is 10.0. The summed E-state index contributed by atoms with van der Waals surface area (Å²) in [5.74, 6) is 0.771. The summed E-state index contributed by atoms with van der Waals surface area (Å²) in [7, 11) is 0. The highest BCUT2D eigenvalue weighted by atomic mass is 14.9. The molecule has 0 saturated heterocycles. The lowest BCUT2D eigenvalue weighted by atomic mass is 10.1. The van der Waals surface area contributed by atoms with Gasteiger partial charge in [0, 0.05) is 12.7 Å². The summed E-state index contributed by atoms with van der Waals surface area (Å²) in [6.07, 6.45) is 6.98. The molecule has 16 heavy (non-hydrogen) atoms. The van der Waals surface area contributed by atoms with E-state index >= 15 is 0 Å². The number of unbranched alkanes of at least 4 members (excludes halogenated alkanes) is 1. The van der Waals surface area contributed by atoms with E-state index in [-0.39, 0.29) is 0 Å². The van der Waals surface area contributed by atoms with E-state index in [0.717, 1.165) is 24.6 Å². The van der Waals surface area contributed by atoms with Gasteiger partial charge >= 0.3 is 0 Å². The molecule has 3 nitrogen and oxygen atoms in total. The lowest BCUT2D eigenvalue weighted by Gasteiger charge is -2.08. The molecule has 0 fully saturated rings. The molecule has 3 heteroatoms. The van der Waals surface area contributed by atoms with Crippen LogP contribution >= 0.6 is 0 Å². The number of nitrogens with one attached hydrogen (secondary N) is 1. The minimum Gasteiger partial charge on any atom is -0.383 e. The molecule has 0 unspecified atom stereocenters. The monoisotopic (exact) mass is 217 g/mol. The Hall–Kier alpha value is -1.56. The molecular weight excluding hydrogens is 198 g/mol. The lowest BCUT2D eigenvalue weighted by Crippen LogP contribution is -2.04. The van der Waals surface area contributed by atoms with Gasteiger partial charge in [-0.1, -0.05) is 26.7 Å². The van der Waals surface area contributed by atoms with Crippen molar-refractivity contribution in [2.75, 3.05) is 11.9 Å². The first-order valence-corrected chi connectivity index (χ1v) is 5.82. The van der Waals surface area contributed by atoms with Crippen molar-refractivity contribution in [2.45, 2.75) is 33.1 Å². The Bertz CT molecular complexity index is 352. The smallest absolute Gasteiger partial charge is 0.101 e. The highest BCUT2D eigenvalue weighted by Gasteiger charge is 2.00. The van der Waals surface area contributed by atoms with E-state index in [1.54, 1.807) is 18.5 Å². The Kier molecular flexibility index (Phi) is 5.35. The predicted octanol–water partition coefficient (Wildman–Crippen LogP) is 3.19. The van der Waals surface area contributed by atoms with Gasteiger partial charge in [-0.3, -0.25) is 4.98 Å². The third-order valence-electron chi connectivity index (χ3n) is 2.47. The first-order valence-electron chi connectivity index (χ1n) is 5.82. The Morgan fingerprint density at radius 2 is 2.25 bits per heavy atom. The van der Waals surface area contributed by atoms with Gasteiger partial charge in [0.1, 0.15) is 6.07 Å². The summed E-state index contributed by atoms with van der Waals surface area (Å²) in [4.78, 5) is 4.01. The van der Waals surface area contributed by atoms with Crippen molar-refractivity contribution in [3.63, 3.8) is 0 Å². The van der Waals surface area contributed by atoms with Crippen LogP contribution in [-0.4, -0.2) is 11.5 Å². The Balaban J connectivity index is 2.30. The van der Waals surface area contributed by atoms with Gasteiger partial charge in [-0.25, -0.2) is 0 Å². The van der Waals surface area contributed by atoms with Crippen LogP contribution < -0.4 is 5.32 Å². The van der Waals surface area contributed by atoms with Crippen molar-refractivity contribution in [3.05, 3.63) is 24.0 Å². The highest BCUT2D eigenvalue weighted by molar-refractivity contribution is 5.55. The fraction of sp³-hybridized carbons (Fsp3) is 0.538. The third kappa shape index (κ3) is 4.31. The van der Waals surface area contributed by atoms with Crippen LogP contribution in [0, 0.1) is 17.2 Å². The Labute approximate surface area is 97.5 Å². The summed E-state index contributed by atoms with van der Waals surface area (Å²) in [5.41, 5.74) is 1.51. The average Bonchev–Trinajstić information content (AvgIpc) is 2.29. The molecule has 0 aliphatic rings. The van der Waals surface area contributed by atoms with Gasteiger partial charge in [-0.2, -0.15) is 5.26 Å². The largest absolute Gasteiger partial charge is 0.383 e. The van der Waals surface area contributed by atoms with Gasteiger partial charge in [0.25, 0.3) is 0 Å². The summed E-state index contributed by atoms with van der Waals surface area (Å²) >= 11 is 0. The van der Waals surface area contributed by atoms with Crippen molar-refractivity contribution in [2.24, 2.45) is 5.92 Å². The summed E-state index contributed by atoms with van der Waals surface area (Å²) in [6.45, 7) is 5.39. The molecule has 1 aromatic heterocycles. The van der Waals surface area contributed by atoms with Gasteiger partial charge < -0.3 is 5.32 Å². The average molecular weight is 217 g/mol. The van der Waals surface area contributed by atoms with Crippen molar-refractivity contribution >= 4 is 5.69 Å². The van der Waals surface area contributed by atoms with Crippen molar-refractivity contribution < 1.29 is 0 Å². The number of hydrogen-bond donors (Lipinski definition) is 1. The van der Waals surface area contributed by atoms with Crippen LogP contribution in [0.2, 0.25) is 0 Å². The molecule has 1 rings (SSSR count). The predicted molar refractivity (Wildman–Crippen MR) is 66.1 cm³/mol. The number of pyridine rings is 1. The van der Waals surface area contributed by atoms with Gasteiger partial charge in [0.05, 0.1) is 17.4 Å². The number of anilines is 1. The minimum atomic E-state index is 0.666. The Morgan fingerprint density at radius 3 is 2.94 bits per heavy atom. The molecular formula is C13H19N3. The lowest BCUT2D eigenvalue weighted by molar-refractivity contribution is 0.545. The number of hydrogen-bond acceptors (Lipinski definition) is 3. The van der Waals surface area contributed by atoms with E-state index in [0.29, 0.717) is 5.56 Å². The fourth-order valence-corrected chi connectivity index (χ4v) is 1.53. The van der Waals surface area contributed by atoms with Crippen molar-refractivity contribution in [3.8, 4) is 6.07 Å². The van der Waals surface area contributed by atoms with E-state index < -0.39 is 0 Å². The quantitative estimate of drug-likeness (QED) is 0.744. The number of nitrogens with zero attached hydrogens (tertiary/aromatic N) is 2. The fourth-order valence-electron chi connectivity index (χ4n) is 1.53. The van der Waals surface area contributed by atoms with Crippen LogP contribution in [0.3, 0.4) is 0 Å². The summed E-state index contributed by atoms with van der Waals surface area (Å²) in [5, 5.41) is 12.1. The van der Waals surface area contributed by atoms with E-state index in [1.807, 2.05) is 0 Å². The molecule has 0 aromatic carbocycles. The van der Waals surface area contributed by atoms with Crippen molar-refractivity contribution in [1.82, 2.24) is 4.98 Å². The molecule has 1 aromatic rings. The second-order valence-electron chi connectivity index (χ2n) is 4.35. The summed E-state index contributed by atoms with van der Waals surface area (Å²) in [6, 6.07) is 3.88. The molecule has 0 amide bonds. The maximum Gasteiger partial charge on any atom is 0.101 e. The molecule has 86 valence electrons. The first-order chi connectivity index (χ1) is 7.74. The number of rotatable bonds is 6. The molecule has 0 radical (unpaired) electrons. The van der Waals surface area contributed by atoms with Gasteiger partial charge in [0.15, 0.2) is 0 Å². The SMILES string of the molecule is CC(C)CCCCNc1cnccc1C#N. The second kappa shape index (κ2) is 6.84. The number of aromatic nitrogens is 1. The highest BCUT2D eigenvalue weighted by Crippen LogP contribution is 2.12. The topological polar surface area (TPSA) is 48.7 Å². The summed E-state index contributed by atoms with van der Waals surface area (Å²) < 4.78 is 0. The zero-order valence-electron chi connectivity index (χ0n) is 10.0. The van der Waals surface area contributed by atoms with Crippen LogP contribution in [-0.2, 0) is 0 Å². The maximum atomic E-state index is 8.88. The van der Waals surface area contributed by atoms with Crippen LogP contribution in [0.15, 0.2) is 18.5 Å². The van der Waals surface area contributed by atoms with Crippen LogP contribution in [0.25, 0.3) is 0 Å². The molecule has 0 aliphatic carbocycles.